The number of aromatic nitrogens is 2. The summed E-state index contributed by atoms with van der Waals surface area (Å²) in [6.07, 6.45) is 0.230. The van der Waals surface area contributed by atoms with E-state index >= 15 is 0 Å². The Bertz CT molecular complexity index is 1070. The zero-order chi connectivity index (χ0) is 19.5. The molecule has 4 rings (SSSR count). The van der Waals surface area contributed by atoms with Crippen molar-refractivity contribution in [2.24, 2.45) is 0 Å². The molecule has 0 bridgehead atoms. The molecule has 0 saturated heterocycles. The smallest absolute Gasteiger partial charge is 0.239 e. The van der Waals surface area contributed by atoms with Crippen LogP contribution < -0.4 is 9.64 Å². The Morgan fingerprint density at radius 1 is 1.11 bits per heavy atom. The maximum absolute atomic E-state index is 13.2. The number of anilines is 2. The molecule has 0 fully saturated rings. The molecule has 0 aliphatic rings. The molecular formula is C21H19N3O2S2. The zero-order valence-corrected chi connectivity index (χ0v) is 17.2. The van der Waals surface area contributed by atoms with Crippen LogP contribution in [0.15, 0.2) is 53.9 Å². The summed E-state index contributed by atoms with van der Waals surface area (Å²) in [5.41, 5.74) is 2.43. The number of para-hydroxylation sites is 1. The Labute approximate surface area is 171 Å². The van der Waals surface area contributed by atoms with Crippen molar-refractivity contribution in [3.63, 3.8) is 0 Å². The molecule has 2 aromatic heterocycles. The van der Waals surface area contributed by atoms with E-state index in [4.69, 9.17) is 9.72 Å². The molecule has 4 aromatic rings. The molecule has 0 atom stereocenters. The maximum Gasteiger partial charge on any atom is 0.239 e. The first-order chi connectivity index (χ1) is 13.6. The van der Waals surface area contributed by atoms with Crippen LogP contribution in [0.4, 0.5) is 10.8 Å². The van der Waals surface area contributed by atoms with Gasteiger partial charge in [-0.1, -0.05) is 23.5 Å². The number of hydrogen-bond acceptors (Lipinski definition) is 6. The second-order valence-electron chi connectivity index (χ2n) is 6.15. The van der Waals surface area contributed by atoms with Gasteiger partial charge in [0.25, 0.3) is 0 Å². The average molecular weight is 410 g/mol. The van der Waals surface area contributed by atoms with Gasteiger partial charge in [-0.05, 0) is 50.2 Å². The quantitative estimate of drug-likeness (QED) is 0.430. The predicted molar refractivity (Wildman–Crippen MR) is 115 cm³/mol. The summed E-state index contributed by atoms with van der Waals surface area (Å²) in [7, 11) is 0. The lowest BCUT2D eigenvalue weighted by Gasteiger charge is -2.20. The highest BCUT2D eigenvalue weighted by Crippen LogP contribution is 2.34. The standard InChI is InChI=1S/C21H19N3O2S2/c1-3-26-17-10-8-16(9-11-17)24(20(25)12-15-13-27-14(2)22-15)21-23-18-6-4-5-7-19(18)28-21/h4-11,13H,3,12H2,1-2H3. The van der Waals surface area contributed by atoms with E-state index in [1.807, 2.05) is 67.8 Å². The van der Waals surface area contributed by atoms with Crippen molar-refractivity contribution in [1.82, 2.24) is 9.97 Å². The van der Waals surface area contributed by atoms with Gasteiger partial charge >= 0.3 is 0 Å². The number of aryl methyl sites for hydroxylation is 1. The number of thiazole rings is 2. The highest BCUT2D eigenvalue weighted by atomic mass is 32.1. The van der Waals surface area contributed by atoms with Crippen LogP contribution in [0, 0.1) is 6.92 Å². The van der Waals surface area contributed by atoms with Crippen molar-refractivity contribution in [3.8, 4) is 5.75 Å². The fourth-order valence-electron chi connectivity index (χ4n) is 2.90. The highest BCUT2D eigenvalue weighted by Gasteiger charge is 2.23. The van der Waals surface area contributed by atoms with Gasteiger partial charge in [-0.2, -0.15) is 0 Å². The average Bonchev–Trinajstić information content (AvgIpc) is 3.29. The summed E-state index contributed by atoms with van der Waals surface area (Å²) in [6, 6.07) is 15.4. The number of amides is 1. The third kappa shape index (κ3) is 3.90. The molecule has 1 amide bonds. The number of carbonyl (C=O) groups excluding carboxylic acids is 1. The maximum atomic E-state index is 13.2. The van der Waals surface area contributed by atoms with E-state index in [2.05, 4.69) is 4.98 Å². The van der Waals surface area contributed by atoms with E-state index in [0.29, 0.717) is 11.7 Å². The molecule has 2 aromatic carbocycles. The molecule has 0 spiro atoms. The van der Waals surface area contributed by atoms with Crippen LogP contribution in [0.2, 0.25) is 0 Å². The van der Waals surface area contributed by atoms with E-state index in [1.165, 1.54) is 11.3 Å². The summed E-state index contributed by atoms with van der Waals surface area (Å²) >= 11 is 3.05. The van der Waals surface area contributed by atoms with E-state index in [0.717, 1.165) is 32.4 Å². The van der Waals surface area contributed by atoms with Gasteiger partial charge in [0.2, 0.25) is 5.91 Å². The topological polar surface area (TPSA) is 55.3 Å². The fraction of sp³-hybridized carbons (Fsp3) is 0.190. The van der Waals surface area contributed by atoms with Gasteiger partial charge in [0, 0.05) is 5.38 Å². The van der Waals surface area contributed by atoms with Crippen molar-refractivity contribution < 1.29 is 9.53 Å². The Balaban J connectivity index is 1.72. The lowest BCUT2D eigenvalue weighted by atomic mass is 10.2. The molecule has 7 heteroatoms. The predicted octanol–water partition coefficient (Wildman–Crippen LogP) is 5.37. The molecule has 2 heterocycles. The Kier molecular flexibility index (Phi) is 5.36. The minimum Gasteiger partial charge on any atom is -0.494 e. The number of benzene rings is 2. The largest absolute Gasteiger partial charge is 0.494 e. The van der Waals surface area contributed by atoms with Crippen molar-refractivity contribution in [2.75, 3.05) is 11.5 Å². The minimum atomic E-state index is -0.0616. The molecule has 0 aliphatic carbocycles. The zero-order valence-electron chi connectivity index (χ0n) is 15.6. The van der Waals surface area contributed by atoms with E-state index in [1.54, 1.807) is 16.2 Å². The van der Waals surface area contributed by atoms with E-state index < -0.39 is 0 Å². The fourth-order valence-corrected chi connectivity index (χ4v) is 4.51. The first-order valence-electron chi connectivity index (χ1n) is 8.96. The number of ether oxygens (including phenoxy) is 1. The van der Waals surface area contributed by atoms with Gasteiger partial charge in [-0.25, -0.2) is 9.97 Å². The molecule has 5 nitrogen and oxygen atoms in total. The third-order valence-corrected chi connectivity index (χ3v) is 5.97. The van der Waals surface area contributed by atoms with E-state index in [-0.39, 0.29) is 12.3 Å². The molecular weight excluding hydrogens is 390 g/mol. The molecule has 142 valence electrons. The lowest BCUT2D eigenvalue weighted by molar-refractivity contribution is -0.117. The monoisotopic (exact) mass is 409 g/mol. The van der Waals surface area contributed by atoms with Crippen molar-refractivity contribution in [1.29, 1.82) is 0 Å². The molecule has 28 heavy (non-hydrogen) atoms. The lowest BCUT2D eigenvalue weighted by Crippen LogP contribution is -2.27. The van der Waals surface area contributed by atoms with E-state index in [9.17, 15) is 4.79 Å². The second-order valence-corrected chi connectivity index (χ2v) is 8.23. The van der Waals surface area contributed by atoms with Gasteiger partial charge < -0.3 is 4.74 Å². The molecule has 0 unspecified atom stereocenters. The number of rotatable bonds is 6. The van der Waals surface area contributed by atoms with Crippen LogP contribution in [0.1, 0.15) is 17.6 Å². The summed E-state index contributed by atoms with van der Waals surface area (Å²) in [4.78, 5) is 24.0. The second kappa shape index (κ2) is 8.08. The normalized spacial score (nSPS) is 10.9. The summed E-state index contributed by atoms with van der Waals surface area (Å²) in [5.74, 6) is 0.714. The molecule has 0 saturated carbocycles. The summed E-state index contributed by atoms with van der Waals surface area (Å²) in [6.45, 7) is 4.49. The first-order valence-corrected chi connectivity index (χ1v) is 10.7. The van der Waals surface area contributed by atoms with Gasteiger partial charge in [0.15, 0.2) is 5.13 Å². The highest BCUT2D eigenvalue weighted by molar-refractivity contribution is 7.22. The molecule has 0 radical (unpaired) electrons. The Hall–Kier alpha value is -2.77. The number of fused-ring (bicyclic) bond motifs is 1. The van der Waals surface area contributed by atoms with Crippen LogP contribution in [-0.4, -0.2) is 22.5 Å². The van der Waals surface area contributed by atoms with Crippen LogP contribution in [0.5, 0.6) is 5.75 Å². The van der Waals surface area contributed by atoms with Gasteiger partial charge in [0.1, 0.15) is 5.75 Å². The van der Waals surface area contributed by atoms with Crippen molar-refractivity contribution in [3.05, 3.63) is 64.6 Å². The van der Waals surface area contributed by atoms with Crippen LogP contribution >= 0.6 is 22.7 Å². The molecule has 0 aliphatic heterocycles. The minimum absolute atomic E-state index is 0.0616. The van der Waals surface area contributed by atoms with Crippen LogP contribution in [-0.2, 0) is 11.2 Å². The molecule has 0 N–H and O–H groups in total. The van der Waals surface area contributed by atoms with Gasteiger partial charge in [-0.15, -0.1) is 11.3 Å². The van der Waals surface area contributed by atoms with Gasteiger partial charge in [0.05, 0.1) is 39.6 Å². The first kappa shape index (κ1) is 18.6. The number of carbonyl (C=O) groups is 1. The summed E-state index contributed by atoms with van der Waals surface area (Å²) in [5, 5.41) is 3.54. The number of hydrogen-bond donors (Lipinski definition) is 0. The van der Waals surface area contributed by atoms with Crippen LogP contribution in [0.25, 0.3) is 10.2 Å². The van der Waals surface area contributed by atoms with Crippen molar-refractivity contribution >= 4 is 49.6 Å². The Morgan fingerprint density at radius 3 is 2.57 bits per heavy atom. The van der Waals surface area contributed by atoms with Crippen LogP contribution in [0.3, 0.4) is 0 Å². The van der Waals surface area contributed by atoms with Crippen molar-refractivity contribution in [2.45, 2.75) is 20.3 Å². The SMILES string of the molecule is CCOc1ccc(N(C(=O)Cc2csc(C)n2)c2nc3ccccc3s2)cc1. The summed E-state index contributed by atoms with van der Waals surface area (Å²) < 4.78 is 6.58. The Morgan fingerprint density at radius 2 is 1.89 bits per heavy atom. The van der Waals surface area contributed by atoms with Gasteiger partial charge in [-0.3, -0.25) is 9.69 Å². The third-order valence-electron chi connectivity index (χ3n) is 4.13. The number of nitrogens with zero attached hydrogens (tertiary/aromatic N) is 3.